The van der Waals surface area contributed by atoms with Crippen LogP contribution in [0.25, 0.3) is 5.82 Å². The van der Waals surface area contributed by atoms with Crippen molar-refractivity contribution in [1.29, 1.82) is 0 Å². The molecule has 23 heavy (non-hydrogen) atoms. The molecule has 0 radical (unpaired) electrons. The minimum absolute atomic E-state index is 0.122. The summed E-state index contributed by atoms with van der Waals surface area (Å²) in [7, 11) is 0. The normalized spacial score (nSPS) is 21.9. The first-order valence-electron chi connectivity index (χ1n) is 6.68. The molecule has 2 heterocycles. The number of ether oxygens (including phenoxy) is 1. The Bertz CT molecular complexity index is 780. The zero-order valence-electron chi connectivity index (χ0n) is 12.0. The van der Waals surface area contributed by atoms with Crippen molar-refractivity contribution in [1.82, 2.24) is 14.8 Å². The lowest BCUT2D eigenvalue weighted by atomic mass is 10.1. The molecule has 2 aromatic rings. The maximum atomic E-state index is 13.1. The van der Waals surface area contributed by atoms with Crippen LogP contribution in [0.4, 0.5) is 8.78 Å². The Hall–Kier alpha value is -2.22. The number of pyridine rings is 1. The number of aromatic nitrogens is 3. The van der Waals surface area contributed by atoms with Crippen molar-refractivity contribution < 1.29 is 23.4 Å². The van der Waals surface area contributed by atoms with Gasteiger partial charge in [-0.1, -0.05) is 18.5 Å². The van der Waals surface area contributed by atoms with E-state index in [2.05, 4.69) is 10.1 Å². The smallest absolute Gasteiger partial charge is 0.338 e. The summed E-state index contributed by atoms with van der Waals surface area (Å²) in [5.74, 6) is -3.42. The van der Waals surface area contributed by atoms with Crippen LogP contribution < -0.4 is 4.74 Å². The molecule has 122 valence electrons. The average molecular weight is 344 g/mol. The zero-order valence-corrected chi connectivity index (χ0v) is 12.7. The highest BCUT2D eigenvalue weighted by molar-refractivity contribution is 6.32. The fourth-order valence-corrected chi connectivity index (χ4v) is 2.29. The molecule has 1 N–H and O–H groups in total. The van der Waals surface area contributed by atoms with E-state index in [0.29, 0.717) is 0 Å². The van der Waals surface area contributed by atoms with Crippen LogP contribution in [0.5, 0.6) is 5.88 Å². The number of aromatic carboxylic acids is 1. The summed E-state index contributed by atoms with van der Waals surface area (Å²) >= 11 is 5.79. The van der Waals surface area contributed by atoms with Gasteiger partial charge in [0.1, 0.15) is 11.8 Å². The summed E-state index contributed by atoms with van der Waals surface area (Å²) in [4.78, 5) is 14.8. The van der Waals surface area contributed by atoms with Gasteiger partial charge in [-0.3, -0.25) is 0 Å². The third-order valence-electron chi connectivity index (χ3n) is 3.77. The third-order valence-corrected chi connectivity index (χ3v) is 4.06. The second-order valence-corrected chi connectivity index (χ2v) is 6.00. The van der Waals surface area contributed by atoms with E-state index in [-0.39, 0.29) is 35.4 Å². The molecule has 3 rings (SSSR count). The molecule has 1 saturated carbocycles. The molecule has 9 heteroatoms. The number of alkyl halides is 2. The van der Waals surface area contributed by atoms with Gasteiger partial charge in [-0.25, -0.2) is 23.2 Å². The number of carbonyl (C=O) groups is 1. The van der Waals surface area contributed by atoms with Gasteiger partial charge >= 0.3 is 5.97 Å². The van der Waals surface area contributed by atoms with Crippen molar-refractivity contribution in [3.63, 3.8) is 0 Å². The molecule has 1 aliphatic carbocycles. The van der Waals surface area contributed by atoms with E-state index < -0.39 is 17.3 Å². The standard InChI is InChI=1S/C14H12ClF2N3O3/c1-13(6-14(13,16)17)7-23-10-4-5-20(19-10)9-3-2-8(12(21)22)11(15)18-9/h2-5H,6-7H2,1H3,(H,21,22). The highest BCUT2D eigenvalue weighted by Gasteiger charge is 2.68. The molecular formula is C14H12ClF2N3O3. The van der Waals surface area contributed by atoms with Gasteiger partial charge in [0.25, 0.3) is 5.92 Å². The highest BCUT2D eigenvalue weighted by atomic mass is 35.5. The van der Waals surface area contributed by atoms with Gasteiger partial charge in [0.05, 0.1) is 11.0 Å². The number of hydrogen-bond donors (Lipinski definition) is 1. The van der Waals surface area contributed by atoms with Crippen LogP contribution >= 0.6 is 11.6 Å². The fraction of sp³-hybridized carbons (Fsp3) is 0.357. The Morgan fingerprint density at radius 1 is 1.48 bits per heavy atom. The zero-order chi connectivity index (χ0) is 16.8. The van der Waals surface area contributed by atoms with Gasteiger partial charge in [0.2, 0.25) is 5.88 Å². The maximum absolute atomic E-state index is 13.1. The first-order chi connectivity index (χ1) is 10.7. The van der Waals surface area contributed by atoms with Gasteiger partial charge in [-0.05, 0) is 12.1 Å². The van der Waals surface area contributed by atoms with E-state index >= 15 is 0 Å². The van der Waals surface area contributed by atoms with Crippen LogP contribution in [0.15, 0.2) is 24.4 Å². The van der Waals surface area contributed by atoms with Crippen LogP contribution in [-0.4, -0.2) is 38.4 Å². The molecule has 0 aliphatic heterocycles. The lowest BCUT2D eigenvalue weighted by Crippen LogP contribution is -2.17. The van der Waals surface area contributed by atoms with Crippen molar-refractivity contribution in [2.75, 3.05) is 6.61 Å². The van der Waals surface area contributed by atoms with E-state index in [1.54, 1.807) is 0 Å². The molecule has 0 saturated heterocycles. The van der Waals surface area contributed by atoms with E-state index in [4.69, 9.17) is 21.4 Å². The second kappa shape index (κ2) is 5.16. The quantitative estimate of drug-likeness (QED) is 0.844. The Morgan fingerprint density at radius 3 is 2.74 bits per heavy atom. The fourth-order valence-electron chi connectivity index (χ4n) is 2.06. The maximum Gasteiger partial charge on any atom is 0.338 e. The third kappa shape index (κ3) is 2.86. The van der Waals surface area contributed by atoms with Crippen LogP contribution in [0.2, 0.25) is 5.15 Å². The summed E-state index contributed by atoms with van der Waals surface area (Å²) in [5.41, 5.74) is -1.27. The molecule has 0 spiro atoms. The molecule has 2 aromatic heterocycles. The largest absolute Gasteiger partial charge is 0.478 e. The summed E-state index contributed by atoms with van der Waals surface area (Å²) in [6.07, 6.45) is 1.32. The van der Waals surface area contributed by atoms with Gasteiger partial charge in [0.15, 0.2) is 5.82 Å². The molecular weight excluding hydrogens is 332 g/mol. The molecule has 1 unspecified atom stereocenters. The first-order valence-corrected chi connectivity index (χ1v) is 7.06. The van der Waals surface area contributed by atoms with Crippen LogP contribution in [0.3, 0.4) is 0 Å². The SMILES string of the molecule is CC1(COc2ccn(-c3ccc(C(=O)O)c(Cl)n3)n2)CC1(F)F. The minimum Gasteiger partial charge on any atom is -0.478 e. The summed E-state index contributed by atoms with van der Waals surface area (Å²) in [6.45, 7) is 1.32. The average Bonchev–Trinajstić information content (AvgIpc) is 2.83. The number of halogens is 3. The topological polar surface area (TPSA) is 77.2 Å². The van der Waals surface area contributed by atoms with Crippen molar-refractivity contribution in [3.05, 3.63) is 35.1 Å². The van der Waals surface area contributed by atoms with Gasteiger partial charge in [-0.2, -0.15) is 0 Å². The van der Waals surface area contributed by atoms with E-state index in [9.17, 15) is 13.6 Å². The van der Waals surface area contributed by atoms with Crippen molar-refractivity contribution >= 4 is 17.6 Å². The highest BCUT2D eigenvalue weighted by Crippen LogP contribution is 2.60. The molecule has 0 amide bonds. The van der Waals surface area contributed by atoms with Crippen LogP contribution in [0, 0.1) is 5.41 Å². The number of rotatable bonds is 5. The molecule has 1 atom stereocenters. The lowest BCUT2D eigenvalue weighted by Gasteiger charge is -2.09. The predicted molar refractivity (Wildman–Crippen MR) is 76.5 cm³/mol. The van der Waals surface area contributed by atoms with Gasteiger partial charge in [0, 0.05) is 18.7 Å². The van der Waals surface area contributed by atoms with Crippen LogP contribution in [0.1, 0.15) is 23.7 Å². The van der Waals surface area contributed by atoms with Crippen LogP contribution in [-0.2, 0) is 0 Å². The summed E-state index contributed by atoms with van der Waals surface area (Å²) < 4.78 is 32.9. The van der Waals surface area contributed by atoms with Crippen molar-refractivity contribution in [3.8, 4) is 11.7 Å². The minimum atomic E-state index is -2.70. The Kier molecular flexibility index (Phi) is 3.51. The molecule has 0 bridgehead atoms. The summed E-state index contributed by atoms with van der Waals surface area (Å²) in [5, 5.41) is 12.8. The van der Waals surface area contributed by atoms with Gasteiger partial charge in [-0.15, -0.1) is 5.10 Å². The molecule has 6 nitrogen and oxygen atoms in total. The second-order valence-electron chi connectivity index (χ2n) is 5.64. The lowest BCUT2D eigenvalue weighted by molar-refractivity contribution is 0.0489. The number of hydrogen-bond acceptors (Lipinski definition) is 4. The van der Waals surface area contributed by atoms with Crippen molar-refractivity contribution in [2.45, 2.75) is 19.3 Å². The van der Waals surface area contributed by atoms with Crippen molar-refractivity contribution in [2.24, 2.45) is 5.41 Å². The predicted octanol–water partition coefficient (Wildman–Crippen LogP) is 3.04. The Morgan fingerprint density at radius 2 is 2.17 bits per heavy atom. The monoisotopic (exact) mass is 343 g/mol. The first kappa shape index (κ1) is 15.7. The Labute approximate surface area is 134 Å². The summed E-state index contributed by atoms with van der Waals surface area (Å²) in [6, 6.07) is 4.24. The Balaban J connectivity index is 1.72. The van der Waals surface area contributed by atoms with E-state index in [0.717, 1.165) is 0 Å². The molecule has 1 aliphatic rings. The van der Waals surface area contributed by atoms with E-state index in [1.807, 2.05) is 0 Å². The number of carboxylic acids is 1. The molecule has 0 aromatic carbocycles. The van der Waals surface area contributed by atoms with E-state index in [1.165, 1.54) is 36.0 Å². The van der Waals surface area contributed by atoms with Gasteiger partial charge < -0.3 is 9.84 Å². The number of carboxylic acid groups (broad SMARTS) is 1. The number of nitrogens with zero attached hydrogens (tertiary/aromatic N) is 3. The molecule has 1 fully saturated rings.